The Bertz CT molecular complexity index is 808. The Morgan fingerprint density at radius 1 is 1.00 bits per heavy atom. The van der Waals surface area contributed by atoms with Crippen molar-refractivity contribution in [1.82, 2.24) is 9.55 Å². The minimum atomic E-state index is 0.424. The fraction of sp³-hybridized carbons (Fsp3) is 0.350. The second kappa shape index (κ2) is 7.39. The van der Waals surface area contributed by atoms with Crippen LogP contribution in [0, 0.1) is 5.92 Å². The number of aromatic nitrogens is 2. The third-order valence-electron chi connectivity index (χ3n) is 4.09. The molecule has 4 nitrogen and oxygen atoms in total. The van der Waals surface area contributed by atoms with Gasteiger partial charge in [0.1, 0.15) is 12.4 Å². The molecule has 0 atom stereocenters. The van der Waals surface area contributed by atoms with Crippen LogP contribution in [0.2, 0.25) is 0 Å². The van der Waals surface area contributed by atoms with Gasteiger partial charge in [-0.05, 0) is 36.6 Å². The van der Waals surface area contributed by atoms with Crippen molar-refractivity contribution in [3.8, 4) is 11.5 Å². The number of ether oxygens (including phenoxy) is 2. The molecule has 0 saturated carbocycles. The molecule has 126 valence electrons. The van der Waals surface area contributed by atoms with E-state index in [1.807, 2.05) is 36.4 Å². The fourth-order valence-electron chi connectivity index (χ4n) is 2.75. The van der Waals surface area contributed by atoms with Crippen LogP contribution in [0.5, 0.6) is 11.5 Å². The lowest BCUT2D eigenvalue weighted by Crippen LogP contribution is -2.09. The summed E-state index contributed by atoms with van der Waals surface area (Å²) in [6, 6.07) is 15.9. The van der Waals surface area contributed by atoms with Gasteiger partial charge in [0.25, 0.3) is 0 Å². The maximum Gasteiger partial charge on any atom is 0.161 e. The third kappa shape index (κ3) is 3.53. The lowest BCUT2D eigenvalue weighted by molar-refractivity contribution is 0.271. The minimum absolute atomic E-state index is 0.424. The summed E-state index contributed by atoms with van der Waals surface area (Å²) in [6.45, 7) is 5.85. The molecule has 2 aromatic carbocycles. The van der Waals surface area contributed by atoms with Crippen LogP contribution in [0.15, 0.2) is 48.5 Å². The Balaban J connectivity index is 1.86. The molecule has 0 radical (unpaired) electrons. The van der Waals surface area contributed by atoms with Crippen LogP contribution >= 0.6 is 0 Å². The van der Waals surface area contributed by atoms with Crippen LogP contribution in [0.25, 0.3) is 11.0 Å². The van der Waals surface area contributed by atoms with Crippen molar-refractivity contribution in [2.75, 3.05) is 7.11 Å². The number of benzene rings is 2. The highest BCUT2D eigenvalue weighted by Crippen LogP contribution is 2.27. The Morgan fingerprint density at radius 3 is 2.46 bits per heavy atom. The first-order valence-corrected chi connectivity index (χ1v) is 8.39. The number of nitrogens with zero attached hydrogens (tertiary/aromatic N) is 2. The van der Waals surface area contributed by atoms with Crippen molar-refractivity contribution in [3.05, 3.63) is 54.4 Å². The normalized spacial score (nSPS) is 11.2. The van der Waals surface area contributed by atoms with Gasteiger partial charge in [0.15, 0.2) is 11.5 Å². The van der Waals surface area contributed by atoms with Crippen LogP contribution in [0.1, 0.15) is 26.1 Å². The molecule has 0 unspecified atom stereocenters. The Morgan fingerprint density at radius 2 is 1.71 bits per heavy atom. The molecule has 0 aliphatic carbocycles. The lowest BCUT2D eigenvalue weighted by atomic mass is 10.1. The summed E-state index contributed by atoms with van der Waals surface area (Å²) in [5.41, 5.74) is 2.18. The molecular formula is C20H24N2O2. The van der Waals surface area contributed by atoms with Crippen molar-refractivity contribution in [1.29, 1.82) is 0 Å². The number of hydrogen-bond donors (Lipinski definition) is 0. The largest absolute Gasteiger partial charge is 0.493 e. The van der Waals surface area contributed by atoms with E-state index < -0.39 is 0 Å². The first-order valence-electron chi connectivity index (χ1n) is 8.39. The molecule has 0 spiro atoms. The Hall–Kier alpha value is -2.49. The van der Waals surface area contributed by atoms with E-state index in [4.69, 9.17) is 14.5 Å². The van der Waals surface area contributed by atoms with Crippen molar-refractivity contribution in [2.45, 2.75) is 33.4 Å². The molecule has 3 aromatic rings. The fourth-order valence-corrected chi connectivity index (χ4v) is 2.75. The number of para-hydroxylation sites is 4. The van der Waals surface area contributed by atoms with Gasteiger partial charge in [0, 0.05) is 6.54 Å². The summed E-state index contributed by atoms with van der Waals surface area (Å²) in [5.74, 6) is 3.07. The molecule has 0 aliphatic rings. The molecule has 0 aliphatic heterocycles. The zero-order valence-electron chi connectivity index (χ0n) is 14.5. The second-order valence-electron chi connectivity index (χ2n) is 6.29. The van der Waals surface area contributed by atoms with Gasteiger partial charge in [0.2, 0.25) is 0 Å². The maximum atomic E-state index is 5.98. The van der Waals surface area contributed by atoms with Crippen molar-refractivity contribution in [2.24, 2.45) is 5.92 Å². The highest BCUT2D eigenvalue weighted by atomic mass is 16.5. The Kier molecular flexibility index (Phi) is 5.04. The SMILES string of the molecule is COc1ccccc1OCc1nc2ccccc2n1CCC(C)C. The second-order valence-corrected chi connectivity index (χ2v) is 6.29. The zero-order valence-corrected chi connectivity index (χ0v) is 14.5. The predicted octanol–water partition coefficient (Wildman–Crippen LogP) is 4.67. The third-order valence-corrected chi connectivity index (χ3v) is 4.09. The van der Waals surface area contributed by atoms with Gasteiger partial charge in [-0.2, -0.15) is 0 Å². The van der Waals surface area contributed by atoms with Crippen LogP contribution in [0.4, 0.5) is 0 Å². The van der Waals surface area contributed by atoms with Gasteiger partial charge in [-0.3, -0.25) is 0 Å². The number of fused-ring (bicyclic) bond motifs is 1. The molecule has 24 heavy (non-hydrogen) atoms. The average molecular weight is 324 g/mol. The average Bonchev–Trinajstić information content (AvgIpc) is 2.96. The van der Waals surface area contributed by atoms with Crippen molar-refractivity contribution < 1.29 is 9.47 Å². The standard InChI is InChI=1S/C20H24N2O2/c1-15(2)12-13-22-17-9-5-4-8-16(17)21-20(22)14-24-19-11-7-6-10-18(19)23-3/h4-11,15H,12-14H2,1-3H3. The van der Waals surface area contributed by atoms with Crippen molar-refractivity contribution >= 4 is 11.0 Å². The van der Waals surface area contributed by atoms with Crippen LogP contribution < -0.4 is 9.47 Å². The summed E-state index contributed by atoms with van der Waals surface area (Å²) in [4.78, 5) is 4.76. The molecule has 4 heteroatoms. The molecule has 3 rings (SSSR count). The first kappa shape index (κ1) is 16.4. The minimum Gasteiger partial charge on any atom is -0.493 e. The number of aryl methyl sites for hydroxylation is 1. The van der Waals surface area contributed by atoms with Crippen LogP contribution in [0.3, 0.4) is 0 Å². The van der Waals surface area contributed by atoms with Gasteiger partial charge in [0.05, 0.1) is 18.1 Å². The number of imidazole rings is 1. The number of hydrogen-bond acceptors (Lipinski definition) is 3. The van der Waals surface area contributed by atoms with E-state index in [-0.39, 0.29) is 0 Å². The van der Waals surface area contributed by atoms with E-state index in [1.54, 1.807) is 7.11 Å². The maximum absolute atomic E-state index is 5.98. The monoisotopic (exact) mass is 324 g/mol. The lowest BCUT2D eigenvalue weighted by Gasteiger charge is -2.13. The molecule has 0 N–H and O–H groups in total. The molecule has 0 saturated heterocycles. The van der Waals surface area contributed by atoms with Gasteiger partial charge in [-0.1, -0.05) is 38.1 Å². The van der Waals surface area contributed by atoms with E-state index >= 15 is 0 Å². The summed E-state index contributed by atoms with van der Waals surface area (Å²) in [5, 5.41) is 0. The summed E-state index contributed by atoms with van der Waals surface area (Å²) in [7, 11) is 1.65. The van der Waals surface area contributed by atoms with Crippen LogP contribution in [-0.4, -0.2) is 16.7 Å². The zero-order chi connectivity index (χ0) is 16.9. The van der Waals surface area contributed by atoms with E-state index in [0.29, 0.717) is 12.5 Å². The highest BCUT2D eigenvalue weighted by molar-refractivity contribution is 5.75. The topological polar surface area (TPSA) is 36.3 Å². The van der Waals surface area contributed by atoms with E-state index in [1.165, 1.54) is 0 Å². The molecule has 1 aromatic heterocycles. The summed E-state index contributed by atoms with van der Waals surface area (Å²) >= 11 is 0. The quantitative estimate of drug-likeness (QED) is 0.633. The van der Waals surface area contributed by atoms with Gasteiger partial charge < -0.3 is 14.0 Å². The van der Waals surface area contributed by atoms with Crippen LogP contribution in [-0.2, 0) is 13.2 Å². The van der Waals surface area contributed by atoms with E-state index in [2.05, 4.69) is 30.5 Å². The number of methoxy groups -OCH3 is 1. The van der Waals surface area contributed by atoms with Gasteiger partial charge >= 0.3 is 0 Å². The van der Waals surface area contributed by atoms with Gasteiger partial charge in [-0.25, -0.2) is 4.98 Å². The molecule has 0 bridgehead atoms. The first-order chi connectivity index (χ1) is 11.7. The molecule has 0 amide bonds. The molecule has 1 heterocycles. The predicted molar refractivity (Wildman–Crippen MR) is 96.5 cm³/mol. The molecule has 0 fully saturated rings. The summed E-state index contributed by atoms with van der Waals surface area (Å²) < 4.78 is 13.6. The van der Waals surface area contributed by atoms with Gasteiger partial charge in [-0.15, -0.1) is 0 Å². The molecular weight excluding hydrogens is 300 g/mol. The van der Waals surface area contributed by atoms with E-state index in [9.17, 15) is 0 Å². The Labute approximate surface area is 143 Å². The summed E-state index contributed by atoms with van der Waals surface area (Å²) in [6.07, 6.45) is 1.11. The van der Waals surface area contributed by atoms with Crippen molar-refractivity contribution in [3.63, 3.8) is 0 Å². The number of rotatable bonds is 7. The van der Waals surface area contributed by atoms with E-state index in [0.717, 1.165) is 41.3 Å². The smallest absolute Gasteiger partial charge is 0.161 e. The highest BCUT2D eigenvalue weighted by Gasteiger charge is 2.12.